The first-order chi connectivity index (χ1) is 11.2. The van der Waals surface area contributed by atoms with Crippen LogP contribution >= 0.6 is 0 Å². The van der Waals surface area contributed by atoms with Crippen molar-refractivity contribution in [2.45, 2.75) is 32.1 Å². The van der Waals surface area contributed by atoms with Crippen LogP contribution < -0.4 is 5.56 Å². The van der Waals surface area contributed by atoms with Gasteiger partial charge in [0.2, 0.25) is 0 Å². The van der Waals surface area contributed by atoms with E-state index < -0.39 is 0 Å². The number of likely N-dealkylation sites (tertiary alicyclic amines) is 1. The van der Waals surface area contributed by atoms with E-state index in [9.17, 15) is 9.59 Å². The van der Waals surface area contributed by atoms with E-state index in [1.165, 1.54) is 25.5 Å². The van der Waals surface area contributed by atoms with Crippen LogP contribution in [0, 0.1) is 0 Å². The smallest absolute Gasteiger partial charge is 0.266 e. The van der Waals surface area contributed by atoms with Crippen LogP contribution in [0.15, 0.2) is 41.5 Å². The minimum Gasteiger partial charge on any atom is -0.339 e. The van der Waals surface area contributed by atoms with Crippen molar-refractivity contribution in [3.8, 4) is 11.3 Å². The van der Waals surface area contributed by atoms with E-state index >= 15 is 0 Å². The number of nitrogens with zero attached hydrogens (tertiary/aromatic N) is 2. The largest absolute Gasteiger partial charge is 0.339 e. The maximum atomic E-state index is 12.6. The second-order valence-corrected chi connectivity index (χ2v) is 5.95. The molecule has 3 rings (SSSR count). The van der Waals surface area contributed by atoms with Crippen LogP contribution in [-0.4, -0.2) is 33.9 Å². The van der Waals surface area contributed by atoms with E-state index in [-0.39, 0.29) is 11.5 Å². The van der Waals surface area contributed by atoms with Crippen molar-refractivity contribution in [1.29, 1.82) is 0 Å². The van der Waals surface area contributed by atoms with E-state index in [0.717, 1.165) is 31.5 Å². The quantitative estimate of drug-likeness (QED) is 0.927. The maximum absolute atomic E-state index is 12.6. The van der Waals surface area contributed by atoms with Crippen molar-refractivity contribution in [2.75, 3.05) is 13.1 Å². The summed E-state index contributed by atoms with van der Waals surface area (Å²) in [6.45, 7) is 1.69. The highest BCUT2D eigenvalue weighted by molar-refractivity contribution is 5.94. The second kappa shape index (κ2) is 7.22. The average molecular weight is 311 g/mol. The second-order valence-electron chi connectivity index (χ2n) is 5.95. The highest BCUT2D eigenvalue weighted by Gasteiger charge is 2.16. The molecule has 0 spiro atoms. The molecule has 1 aliphatic heterocycles. The maximum Gasteiger partial charge on any atom is 0.266 e. The SMILES string of the molecule is O=C(c1ccc(-c2cncc(=O)[nH]2)cc1)N1CCCCCCC1. The van der Waals surface area contributed by atoms with Gasteiger partial charge in [-0.15, -0.1) is 0 Å². The first kappa shape index (κ1) is 15.5. The van der Waals surface area contributed by atoms with Gasteiger partial charge in [0.05, 0.1) is 18.1 Å². The predicted octanol–water partition coefficient (Wildman–Crippen LogP) is 2.84. The standard InChI is InChI=1S/C18H21N3O2/c22-17-13-19-12-16(20-17)14-6-8-15(9-7-14)18(23)21-10-4-2-1-3-5-11-21/h6-9,12-13H,1-5,10-11H2,(H,20,22). The van der Waals surface area contributed by atoms with Crippen molar-refractivity contribution >= 4 is 5.91 Å². The molecule has 0 radical (unpaired) electrons. The summed E-state index contributed by atoms with van der Waals surface area (Å²) in [5, 5.41) is 0. The molecule has 5 nitrogen and oxygen atoms in total. The molecule has 1 aliphatic rings. The summed E-state index contributed by atoms with van der Waals surface area (Å²) in [6, 6.07) is 7.35. The van der Waals surface area contributed by atoms with Crippen molar-refractivity contribution in [2.24, 2.45) is 0 Å². The molecule has 2 heterocycles. The molecule has 5 heteroatoms. The van der Waals surface area contributed by atoms with Gasteiger partial charge >= 0.3 is 0 Å². The van der Waals surface area contributed by atoms with Gasteiger partial charge in [0, 0.05) is 18.7 Å². The zero-order chi connectivity index (χ0) is 16.1. The third kappa shape index (κ3) is 3.86. The molecule has 0 aliphatic carbocycles. The number of amides is 1. The zero-order valence-electron chi connectivity index (χ0n) is 13.1. The lowest BCUT2D eigenvalue weighted by Crippen LogP contribution is -2.33. The van der Waals surface area contributed by atoms with Crippen molar-refractivity contribution in [1.82, 2.24) is 14.9 Å². The Hall–Kier alpha value is -2.43. The third-order valence-corrected chi connectivity index (χ3v) is 4.24. The van der Waals surface area contributed by atoms with Gasteiger partial charge < -0.3 is 9.88 Å². The lowest BCUT2D eigenvalue weighted by Gasteiger charge is -2.24. The van der Waals surface area contributed by atoms with E-state index in [0.29, 0.717) is 11.3 Å². The van der Waals surface area contributed by atoms with Crippen LogP contribution in [0.25, 0.3) is 11.3 Å². The van der Waals surface area contributed by atoms with Gasteiger partial charge in [-0.25, -0.2) is 0 Å². The van der Waals surface area contributed by atoms with Crippen LogP contribution in [0.3, 0.4) is 0 Å². The van der Waals surface area contributed by atoms with Gasteiger partial charge in [-0.2, -0.15) is 0 Å². The van der Waals surface area contributed by atoms with Crippen LogP contribution in [0.4, 0.5) is 0 Å². The molecule has 1 saturated heterocycles. The van der Waals surface area contributed by atoms with E-state index in [4.69, 9.17) is 0 Å². The summed E-state index contributed by atoms with van der Waals surface area (Å²) in [5.41, 5.74) is 1.96. The monoisotopic (exact) mass is 311 g/mol. The Bertz CT molecular complexity index is 714. The number of hydrogen-bond acceptors (Lipinski definition) is 3. The van der Waals surface area contributed by atoms with Gasteiger partial charge in [-0.3, -0.25) is 14.6 Å². The van der Waals surface area contributed by atoms with Crippen molar-refractivity contribution in [3.63, 3.8) is 0 Å². The number of benzene rings is 1. The number of carbonyl (C=O) groups excluding carboxylic acids is 1. The summed E-state index contributed by atoms with van der Waals surface area (Å²) in [7, 11) is 0. The number of aromatic amines is 1. The van der Waals surface area contributed by atoms with Crippen LogP contribution in [0.1, 0.15) is 42.5 Å². The molecular weight excluding hydrogens is 290 g/mol. The van der Waals surface area contributed by atoms with Crippen LogP contribution in [0.2, 0.25) is 0 Å². The summed E-state index contributed by atoms with van der Waals surface area (Å²) in [4.78, 5) is 32.5. The molecule has 1 fully saturated rings. The number of rotatable bonds is 2. The minimum atomic E-state index is -0.233. The molecule has 0 bridgehead atoms. The van der Waals surface area contributed by atoms with Gasteiger partial charge in [0.25, 0.3) is 11.5 Å². The molecule has 0 atom stereocenters. The molecule has 23 heavy (non-hydrogen) atoms. The Morgan fingerprint density at radius 1 is 0.957 bits per heavy atom. The Labute approximate surface area is 135 Å². The predicted molar refractivity (Wildman–Crippen MR) is 89.3 cm³/mol. The first-order valence-electron chi connectivity index (χ1n) is 8.18. The normalized spacial score (nSPS) is 15.7. The third-order valence-electron chi connectivity index (χ3n) is 4.24. The molecule has 0 unspecified atom stereocenters. The number of nitrogens with one attached hydrogen (secondary N) is 1. The highest BCUT2D eigenvalue weighted by atomic mass is 16.2. The lowest BCUT2D eigenvalue weighted by molar-refractivity contribution is 0.0742. The molecular formula is C18H21N3O2. The van der Waals surface area contributed by atoms with Crippen LogP contribution in [0.5, 0.6) is 0 Å². The fourth-order valence-electron chi connectivity index (χ4n) is 2.95. The Balaban J connectivity index is 1.75. The first-order valence-corrected chi connectivity index (χ1v) is 8.18. The topological polar surface area (TPSA) is 66.1 Å². The molecule has 2 aromatic rings. The summed E-state index contributed by atoms with van der Waals surface area (Å²) in [5.74, 6) is 0.0955. The summed E-state index contributed by atoms with van der Waals surface area (Å²) < 4.78 is 0. The number of H-pyrrole nitrogens is 1. The fraction of sp³-hybridized carbons (Fsp3) is 0.389. The van der Waals surface area contributed by atoms with E-state index in [1.807, 2.05) is 29.2 Å². The molecule has 0 saturated carbocycles. The number of aromatic nitrogens is 2. The van der Waals surface area contributed by atoms with Crippen molar-refractivity contribution in [3.05, 3.63) is 52.6 Å². The van der Waals surface area contributed by atoms with Crippen molar-refractivity contribution < 1.29 is 4.79 Å². The molecule has 1 aromatic carbocycles. The van der Waals surface area contributed by atoms with Gasteiger partial charge in [0.15, 0.2) is 0 Å². The molecule has 1 aromatic heterocycles. The molecule has 1 amide bonds. The molecule has 120 valence electrons. The van der Waals surface area contributed by atoms with E-state index in [1.54, 1.807) is 6.20 Å². The van der Waals surface area contributed by atoms with Gasteiger partial charge in [-0.05, 0) is 30.5 Å². The lowest BCUT2D eigenvalue weighted by atomic mass is 10.1. The Morgan fingerprint density at radius 3 is 2.26 bits per heavy atom. The Morgan fingerprint density at radius 2 is 1.61 bits per heavy atom. The summed E-state index contributed by atoms with van der Waals surface area (Å²) in [6.07, 6.45) is 8.70. The summed E-state index contributed by atoms with van der Waals surface area (Å²) >= 11 is 0. The highest BCUT2D eigenvalue weighted by Crippen LogP contribution is 2.18. The average Bonchev–Trinajstić information content (AvgIpc) is 2.54. The Kier molecular flexibility index (Phi) is 4.86. The zero-order valence-corrected chi connectivity index (χ0v) is 13.1. The van der Waals surface area contributed by atoms with Crippen LogP contribution in [-0.2, 0) is 0 Å². The van der Waals surface area contributed by atoms with Gasteiger partial charge in [0.1, 0.15) is 0 Å². The molecule has 1 N–H and O–H groups in total. The fourth-order valence-corrected chi connectivity index (χ4v) is 2.95. The van der Waals surface area contributed by atoms with E-state index in [2.05, 4.69) is 9.97 Å². The number of hydrogen-bond donors (Lipinski definition) is 1. The van der Waals surface area contributed by atoms with Gasteiger partial charge in [-0.1, -0.05) is 31.4 Å². The minimum absolute atomic E-state index is 0.0955. The number of carbonyl (C=O) groups is 1.